The molecule has 0 bridgehead atoms. The molecule has 2 aromatic rings. The molecule has 3 heteroatoms. The summed E-state index contributed by atoms with van der Waals surface area (Å²) in [7, 11) is 0. The van der Waals surface area contributed by atoms with Crippen molar-refractivity contribution in [1.82, 2.24) is 4.90 Å². The fourth-order valence-corrected chi connectivity index (χ4v) is 2.85. The standard InChI is InChI=1S/C21H28N2O/c1-16(2)23(15-19-8-6-5-7-9-19)11-10-21(24)22-20-13-17(3)12-18(4)14-20/h5-9,12-14,16H,10-11,15H2,1-4H3,(H,22,24). The lowest BCUT2D eigenvalue weighted by Gasteiger charge is -2.26. The van der Waals surface area contributed by atoms with Crippen LogP contribution in [-0.2, 0) is 11.3 Å². The Morgan fingerprint density at radius 2 is 1.67 bits per heavy atom. The Labute approximate surface area is 145 Å². The van der Waals surface area contributed by atoms with E-state index in [4.69, 9.17) is 0 Å². The van der Waals surface area contributed by atoms with Crippen molar-refractivity contribution in [3.63, 3.8) is 0 Å². The van der Waals surface area contributed by atoms with E-state index in [1.54, 1.807) is 0 Å². The zero-order valence-corrected chi connectivity index (χ0v) is 15.2. The number of rotatable bonds is 7. The van der Waals surface area contributed by atoms with Crippen molar-refractivity contribution in [3.8, 4) is 0 Å². The van der Waals surface area contributed by atoms with Crippen molar-refractivity contribution in [1.29, 1.82) is 0 Å². The number of nitrogens with one attached hydrogen (secondary N) is 1. The second-order valence-corrected chi connectivity index (χ2v) is 6.72. The number of aryl methyl sites for hydroxylation is 2. The van der Waals surface area contributed by atoms with Crippen molar-refractivity contribution in [2.75, 3.05) is 11.9 Å². The molecule has 0 atom stereocenters. The molecular formula is C21H28N2O. The van der Waals surface area contributed by atoms with Gasteiger partial charge in [-0.05, 0) is 56.5 Å². The Bertz CT molecular complexity index is 645. The van der Waals surface area contributed by atoms with Crippen LogP contribution in [0.5, 0.6) is 0 Å². The van der Waals surface area contributed by atoms with Gasteiger partial charge in [-0.2, -0.15) is 0 Å². The molecule has 0 unspecified atom stereocenters. The van der Waals surface area contributed by atoms with E-state index in [2.05, 4.69) is 54.4 Å². The zero-order chi connectivity index (χ0) is 17.5. The first-order valence-electron chi connectivity index (χ1n) is 8.60. The lowest BCUT2D eigenvalue weighted by Crippen LogP contribution is -2.33. The van der Waals surface area contributed by atoms with Gasteiger partial charge in [0, 0.05) is 31.2 Å². The molecule has 0 spiro atoms. The molecule has 2 aromatic carbocycles. The minimum Gasteiger partial charge on any atom is -0.326 e. The number of carbonyl (C=O) groups is 1. The summed E-state index contributed by atoms with van der Waals surface area (Å²) in [6.07, 6.45) is 0.498. The number of anilines is 1. The topological polar surface area (TPSA) is 32.3 Å². The van der Waals surface area contributed by atoms with Crippen LogP contribution in [0.3, 0.4) is 0 Å². The molecule has 0 saturated heterocycles. The summed E-state index contributed by atoms with van der Waals surface area (Å²) in [4.78, 5) is 14.6. The van der Waals surface area contributed by atoms with E-state index in [1.807, 2.05) is 32.0 Å². The maximum absolute atomic E-state index is 12.3. The minimum atomic E-state index is 0.0683. The molecule has 0 heterocycles. The van der Waals surface area contributed by atoms with Crippen molar-refractivity contribution in [3.05, 3.63) is 65.2 Å². The van der Waals surface area contributed by atoms with Gasteiger partial charge in [-0.15, -0.1) is 0 Å². The van der Waals surface area contributed by atoms with Gasteiger partial charge in [-0.25, -0.2) is 0 Å². The van der Waals surface area contributed by atoms with Crippen LogP contribution in [0.15, 0.2) is 48.5 Å². The van der Waals surface area contributed by atoms with Crippen molar-refractivity contribution < 1.29 is 4.79 Å². The van der Waals surface area contributed by atoms with Gasteiger partial charge in [0.25, 0.3) is 0 Å². The fraction of sp³-hybridized carbons (Fsp3) is 0.381. The lowest BCUT2D eigenvalue weighted by atomic mass is 10.1. The third-order valence-electron chi connectivity index (χ3n) is 4.09. The SMILES string of the molecule is Cc1cc(C)cc(NC(=O)CCN(Cc2ccccc2)C(C)C)c1. The highest BCUT2D eigenvalue weighted by molar-refractivity contribution is 5.91. The highest BCUT2D eigenvalue weighted by Gasteiger charge is 2.12. The van der Waals surface area contributed by atoms with Gasteiger partial charge in [0.2, 0.25) is 5.91 Å². The van der Waals surface area contributed by atoms with Crippen LogP contribution in [0.1, 0.15) is 37.0 Å². The van der Waals surface area contributed by atoms with E-state index >= 15 is 0 Å². The summed E-state index contributed by atoms with van der Waals surface area (Å²) in [5.41, 5.74) is 4.49. The van der Waals surface area contributed by atoms with Crippen LogP contribution >= 0.6 is 0 Å². The summed E-state index contributed by atoms with van der Waals surface area (Å²) >= 11 is 0. The smallest absolute Gasteiger partial charge is 0.225 e. The Morgan fingerprint density at radius 3 is 2.25 bits per heavy atom. The molecule has 0 aliphatic heterocycles. The number of benzene rings is 2. The number of amides is 1. The van der Waals surface area contributed by atoms with Gasteiger partial charge in [-0.3, -0.25) is 9.69 Å². The number of carbonyl (C=O) groups excluding carboxylic acids is 1. The second kappa shape index (κ2) is 8.65. The Balaban J connectivity index is 1.90. The van der Waals surface area contributed by atoms with Crippen LogP contribution in [0.4, 0.5) is 5.69 Å². The fourth-order valence-electron chi connectivity index (χ4n) is 2.85. The predicted molar refractivity (Wildman–Crippen MR) is 101 cm³/mol. The quantitative estimate of drug-likeness (QED) is 0.811. The van der Waals surface area contributed by atoms with Crippen molar-refractivity contribution >= 4 is 11.6 Å². The largest absolute Gasteiger partial charge is 0.326 e. The van der Waals surface area contributed by atoms with E-state index < -0.39 is 0 Å². The first-order chi connectivity index (χ1) is 11.4. The van der Waals surface area contributed by atoms with Crippen LogP contribution in [0.25, 0.3) is 0 Å². The van der Waals surface area contributed by atoms with E-state index in [0.29, 0.717) is 12.5 Å². The highest BCUT2D eigenvalue weighted by Crippen LogP contribution is 2.14. The Morgan fingerprint density at radius 1 is 1.04 bits per heavy atom. The van der Waals surface area contributed by atoms with Gasteiger partial charge in [0.15, 0.2) is 0 Å². The summed E-state index contributed by atoms with van der Waals surface area (Å²) in [5.74, 6) is 0.0683. The number of nitrogens with zero attached hydrogens (tertiary/aromatic N) is 1. The average Bonchev–Trinajstić information content (AvgIpc) is 2.51. The van der Waals surface area contributed by atoms with Crippen LogP contribution < -0.4 is 5.32 Å². The van der Waals surface area contributed by atoms with E-state index in [9.17, 15) is 4.79 Å². The lowest BCUT2D eigenvalue weighted by molar-refractivity contribution is -0.116. The first-order valence-corrected chi connectivity index (χ1v) is 8.60. The number of hydrogen-bond donors (Lipinski definition) is 1. The molecule has 0 fully saturated rings. The van der Waals surface area contributed by atoms with Crippen LogP contribution in [0, 0.1) is 13.8 Å². The van der Waals surface area contributed by atoms with Crippen molar-refractivity contribution in [2.24, 2.45) is 0 Å². The minimum absolute atomic E-state index is 0.0683. The average molecular weight is 324 g/mol. The molecule has 0 saturated carbocycles. The molecule has 24 heavy (non-hydrogen) atoms. The highest BCUT2D eigenvalue weighted by atomic mass is 16.1. The van der Waals surface area contributed by atoms with Gasteiger partial charge >= 0.3 is 0 Å². The third-order valence-corrected chi connectivity index (χ3v) is 4.09. The Kier molecular flexibility index (Phi) is 6.56. The van der Waals surface area contributed by atoms with Crippen LogP contribution in [0.2, 0.25) is 0 Å². The summed E-state index contributed by atoms with van der Waals surface area (Å²) in [6.45, 7) is 10.1. The van der Waals surface area contributed by atoms with Gasteiger partial charge in [0.05, 0.1) is 0 Å². The third kappa shape index (κ3) is 5.82. The molecule has 0 radical (unpaired) electrons. The molecule has 1 N–H and O–H groups in total. The molecule has 3 nitrogen and oxygen atoms in total. The molecule has 1 amide bonds. The van der Waals surface area contributed by atoms with Gasteiger partial charge in [0.1, 0.15) is 0 Å². The second-order valence-electron chi connectivity index (χ2n) is 6.72. The molecule has 2 rings (SSSR count). The molecule has 0 aliphatic carbocycles. The normalized spacial score (nSPS) is 11.1. The van der Waals surface area contributed by atoms with E-state index in [-0.39, 0.29) is 5.91 Å². The van der Waals surface area contributed by atoms with E-state index in [1.165, 1.54) is 5.56 Å². The molecular weight excluding hydrogens is 296 g/mol. The van der Waals surface area contributed by atoms with E-state index in [0.717, 1.165) is 29.9 Å². The summed E-state index contributed by atoms with van der Waals surface area (Å²) in [5, 5.41) is 3.02. The maximum atomic E-state index is 12.3. The maximum Gasteiger partial charge on any atom is 0.225 e. The van der Waals surface area contributed by atoms with Gasteiger partial charge in [-0.1, -0.05) is 36.4 Å². The number of hydrogen-bond acceptors (Lipinski definition) is 2. The predicted octanol–water partition coefficient (Wildman–Crippen LogP) is 4.54. The molecule has 128 valence electrons. The van der Waals surface area contributed by atoms with Crippen LogP contribution in [-0.4, -0.2) is 23.4 Å². The van der Waals surface area contributed by atoms with Gasteiger partial charge < -0.3 is 5.32 Å². The zero-order valence-electron chi connectivity index (χ0n) is 15.2. The first kappa shape index (κ1) is 18.2. The summed E-state index contributed by atoms with van der Waals surface area (Å²) < 4.78 is 0. The summed E-state index contributed by atoms with van der Waals surface area (Å²) in [6, 6.07) is 16.9. The van der Waals surface area contributed by atoms with Crippen molar-refractivity contribution in [2.45, 2.75) is 46.7 Å². The monoisotopic (exact) mass is 324 g/mol. The molecule has 0 aliphatic rings. The Hall–Kier alpha value is -2.13. The molecule has 0 aromatic heterocycles.